The molecule has 5 nitrogen and oxygen atoms in total. The molecule has 0 saturated heterocycles. The number of rotatable bonds is 6. The molecule has 0 fully saturated rings. The summed E-state index contributed by atoms with van der Waals surface area (Å²) in [4.78, 5) is 16.3. The summed E-state index contributed by atoms with van der Waals surface area (Å²) < 4.78 is 7.17. The van der Waals surface area contributed by atoms with E-state index in [9.17, 15) is 4.79 Å². The molecule has 1 aromatic heterocycles. The van der Waals surface area contributed by atoms with E-state index in [1.807, 2.05) is 59.3 Å². The number of carbonyl (C=O) groups excluding carboxylic acids is 1. The molecule has 3 aromatic rings. The van der Waals surface area contributed by atoms with Gasteiger partial charge in [-0.25, -0.2) is 4.98 Å². The van der Waals surface area contributed by atoms with E-state index in [4.69, 9.17) is 4.74 Å². The first-order valence-corrected chi connectivity index (χ1v) is 7.70. The molecular weight excluding hydrogens is 302 g/mol. The Morgan fingerprint density at radius 1 is 1.17 bits per heavy atom. The molecule has 0 radical (unpaired) electrons. The lowest BCUT2D eigenvalue weighted by Gasteiger charge is -2.08. The van der Waals surface area contributed by atoms with Crippen molar-refractivity contribution >= 4 is 5.91 Å². The number of hydrogen-bond acceptors (Lipinski definition) is 3. The van der Waals surface area contributed by atoms with Gasteiger partial charge < -0.3 is 14.6 Å². The Balaban J connectivity index is 1.58. The largest absolute Gasteiger partial charge is 0.497 e. The molecule has 24 heavy (non-hydrogen) atoms. The van der Waals surface area contributed by atoms with Gasteiger partial charge in [-0.3, -0.25) is 4.79 Å². The molecule has 0 atom stereocenters. The number of nitrogens with zero attached hydrogens (tertiary/aromatic N) is 2. The van der Waals surface area contributed by atoms with E-state index in [1.54, 1.807) is 19.6 Å². The van der Waals surface area contributed by atoms with Crippen LogP contribution in [0, 0.1) is 0 Å². The lowest BCUT2D eigenvalue weighted by molar-refractivity contribution is 0.0951. The topological polar surface area (TPSA) is 56.1 Å². The van der Waals surface area contributed by atoms with E-state index >= 15 is 0 Å². The van der Waals surface area contributed by atoms with Crippen molar-refractivity contribution in [1.82, 2.24) is 14.9 Å². The fourth-order valence-electron chi connectivity index (χ4n) is 2.42. The molecule has 0 aliphatic heterocycles. The number of nitrogens with one attached hydrogen (secondary N) is 1. The lowest BCUT2D eigenvalue weighted by Crippen LogP contribution is -2.22. The summed E-state index contributed by atoms with van der Waals surface area (Å²) >= 11 is 0. The number of amides is 1. The predicted molar refractivity (Wildman–Crippen MR) is 91.9 cm³/mol. The van der Waals surface area contributed by atoms with Crippen molar-refractivity contribution in [1.29, 1.82) is 0 Å². The zero-order chi connectivity index (χ0) is 16.8. The Morgan fingerprint density at radius 3 is 2.71 bits per heavy atom. The van der Waals surface area contributed by atoms with Gasteiger partial charge in [-0.2, -0.15) is 0 Å². The van der Waals surface area contributed by atoms with E-state index in [0.717, 1.165) is 23.4 Å². The highest BCUT2D eigenvalue weighted by molar-refractivity contribution is 5.94. The molecule has 0 unspecified atom stereocenters. The molecule has 1 N–H and O–H groups in total. The fourth-order valence-corrected chi connectivity index (χ4v) is 2.42. The predicted octanol–water partition coefficient (Wildman–Crippen LogP) is 2.87. The van der Waals surface area contributed by atoms with Gasteiger partial charge in [-0.05, 0) is 35.4 Å². The first-order chi connectivity index (χ1) is 11.7. The number of hydrogen-bond donors (Lipinski definition) is 1. The second-order valence-corrected chi connectivity index (χ2v) is 5.47. The van der Waals surface area contributed by atoms with Gasteiger partial charge in [0.05, 0.1) is 13.4 Å². The van der Waals surface area contributed by atoms with Crippen LogP contribution in [0.15, 0.2) is 67.3 Å². The SMILES string of the molecule is COc1cccc(CNC(=O)c2ccc(Cn3ccnc3)cc2)c1. The van der Waals surface area contributed by atoms with Gasteiger partial charge in [0.15, 0.2) is 0 Å². The van der Waals surface area contributed by atoms with Crippen molar-refractivity contribution < 1.29 is 9.53 Å². The minimum Gasteiger partial charge on any atom is -0.497 e. The highest BCUT2D eigenvalue weighted by atomic mass is 16.5. The number of imidazole rings is 1. The Kier molecular flexibility index (Phi) is 4.91. The van der Waals surface area contributed by atoms with Crippen LogP contribution in [0.4, 0.5) is 0 Å². The van der Waals surface area contributed by atoms with Crippen molar-refractivity contribution in [3.05, 3.63) is 83.9 Å². The quantitative estimate of drug-likeness (QED) is 0.759. The molecule has 3 rings (SSSR count). The van der Waals surface area contributed by atoms with Gasteiger partial charge >= 0.3 is 0 Å². The first-order valence-electron chi connectivity index (χ1n) is 7.70. The van der Waals surface area contributed by atoms with E-state index in [-0.39, 0.29) is 5.91 Å². The maximum absolute atomic E-state index is 12.2. The van der Waals surface area contributed by atoms with E-state index < -0.39 is 0 Å². The molecule has 122 valence electrons. The maximum atomic E-state index is 12.2. The summed E-state index contributed by atoms with van der Waals surface area (Å²) in [5, 5.41) is 2.92. The van der Waals surface area contributed by atoms with Gasteiger partial charge in [0, 0.05) is 31.0 Å². The van der Waals surface area contributed by atoms with Crippen molar-refractivity contribution in [2.24, 2.45) is 0 Å². The normalized spacial score (nSPS) is 10.4. The molecular formula is C19H19N3O2. The standard InChI is InChI=1S/C19H19N3O2/c1-24-18-4-2-3-16(11-18)12-21-19(23)17-7-5-15(6-8-17)13-22-10-9-20-14-22/h2-11,14H,12-13H2,1H3,(H,21,23). The summed E-state index contributed by atoms with van der Waals surface area (Å²) in [7, 11) is 1.63. The Morgan fingerprint density at radius 2 is 2.00 bits per heavy atom. The van der Waals surface area contributed by atoms with Crippen LogP contribution in [0.1, 0.15) is 21.5 Å². The van der Waals surface area contributed by atoms with Gasteiger partial charge in [0.2, 0.25) is 0 Å². The summed E-state index contributed by atoms with van der Waals surface area (Å²) in [6.45, 7) is 1.21. The molecule has 1 heterocycles. The number of aromatic nitrogens is 2. The number of ether oxygens (including phenoxy) is 1. The van der Waals surface area contributed by atoms with Crippen LogP contribution < -0.4 is 10.1 Å². The van der Waals surface area contributed by atoms with Crippen molar-refractivity contribution in [2.45, 2.75) is 13.1 Å². The Hall–Kier alpha value is -3.08. The minimum absolute atomic E-state index is 0.0907. The van der Waals surface area contributed by atoms with Crippen LogP contribution in [0.25, 0.3) is 0 Å². The van der Waals surface area contributed by atoms with Gasteiger partial charge in [0.25, 0.3) is 5.91 Å². The summed E-state index contributed by atoms with van der Waals surface area (Å²) in [5.41, 5.74) is 2.77. The lowest BCUT2D eigenvalue weighted by atomic mass is 10.1. The molecule has 0 saturated carbocycles. The van der Waals surface area contributed by atoms with Gasteiger partial charge in [-0.15, -0.1) is 0 Å². The first kappa shape index (κ1) is 15.8. The molecule has 1 amide bonds. The van der Waals surface area contributed by atoms with Crippen LogP contribution in [0.2, 0.25) is 0 Å². The minimum atomic E-state index is -0.0907. The highest BCUT2D eigenvalue weighted by Crippen LogP contribution is 2.12. The van der Waals surface area contributed by atoms with Crippen LogP contribution >= 0.6 is 0 Å². The molecule has 5 heteroatoms. The third-order valence-corrected chi connectivity index (χ3v) is 3.73. The van der Waals surface area contributed by atoms with Crippen LogP contribution in [-0.4, -0.2) is 22.6 Å². The summed E-state index contributed by atoms with van der Waals surface area (Å²) in [6.07, 6.45) is 5.43. The smallest absolute Gasteiger partial charge is 0.251 e. The Labute approximate surface area is 140 Å². The van der Waals surface area contributed by atoms with Crippen LogP contribution in [-0.2, 0) is 13.1 Å². The number of methoxy groups -OCH3 is 1. The van der Waals surface area contributed by atoms with Gasteiger partial charge in [0.1, 0.15) is 5.75 Å². The average Bonchev–Trinajstić information content (AvgIpc) is 3.13. The van der Waals surface area contributed by atoms with E-state index in [0.29, 0.717) is 12.1 Å². The molecule has 0 aliphatic carbocycles. The summed E-state index contributed by atoms with van der Waals surface area (Å²) in [6, 6.07) is 15.3. The molecule has 0 spiro atoms. The maximum Gasteiger partial charge on any atom is 0.251 e. The zero-order valence-electron chi connectivity index (χ0n) is 13.5. The van der Waals surface area contributed by atoms with Crippen molar-refractivity contribution in [3.63, 3.8) is 0 Å². The van der Waals surface area contributed by atoms with Crippen molar-refractivity contribution in [2.75, 3.05) is 7.11 Å². The monoisotopic (exact) mass is 321 g/mol. The fraction of sp³-hybridized carbons (Fsp3) is 0.158. The molecule has 0 bridgehead atoms. The third-order valence-electron chi connectivity index (χ3n) is 3.73. The molecule has 0 aliphatic rings. The van der Waals surface area contributed by atoms with Crippen molar-refractivity contribution in [3.8, 4) is 5.75 Å². The number of carbonyl (C=O) groups is 1. The summed E-state index contributed by atoms with van der Waals surface area (Å²) in [5.74, 6) is 0.692. The van der Waals surface area contributed by atoms with E-state index in [1.165, 1.54) is 0 Å². The Bertz CT molecular complexity index is 796. The second-order valence-electron chi connectivity index (χ2n) is 5.47. The van der Waals surface area contributed by atoms with Gasteiger partial charge in [-0.1, -0.05) is 24.3 Å². The second kappa shape index (κ2) is 7.46. The van der Waals surface area contributed by atoms with Crippen LogP contribution in [0.3, 0.4) is 0 Å². The highest BCUT2D eigenvalue weighted by Gasteiger charge is 2.06. The average molecular weight is 321 g/mol. The zero-order valence-corrected chi connectivity index (χ0v) is 13.5. The van der Waals surface area contributed by atoms with Crippen LogP contribution in [0.5, 0.6) is 5.75 Å². The third kappa shape index (κ3) is 4.01. The molecule has 2 aromatic carbocycles. The number of benzene rings is 2. The van der Waals surface area contributed by atoms with E-state index in [2.05, 4.69) is 10.3 Å².